The summed E-state index contributed by atoms with van der Waals surface area (Å²) < 4.78 is 2.83. The molecule has 0 amide bonds. The topological polar surface area (TPSA) is 84.5 Å². The van der Waals surface area contributed by atoms with Crippen molar-refractivity contribution in [3.8, 4) is 0 Å². The second-order valence-electron chi connectivity index (χ2n) is 5.38. The predicted octanol–water partition coefficient (Wildman–Crippen LogP) is 0.118. The van der Waals surface area contributed by atoms with Crippen LogP contribution in [0, 0.1) is 6.92 Å². The Morgan fingerprint density at radius 2 is 1.95 bits per heavy atom. The zero-order chi connectivity index (χ0) is 14.3. The molecular weight excluding hydrogens is 258 g/mol. The molecule has 7 nitrogen and oxygen atoms in total. The molecule has 1 N–H and O–H groups in total. The molecule has 0 aromatic carbocycles. The number of rotatable bonds is 1. The molecule has 106 valence electrons. The van der Waals surface area contributed by atoms with E-state index in [1.54, 1.807) is 14.0 Å². The van der Waals surface area contributed by atoms with Crippen LogP contribution in [0.4, 0.5) is 0 Å². The molecule has 0 unspecified atom stereocenters. The van der Waals surface area contributed by atoms with Gasteiger partial charge in [-0.3, -0.25) is 4.79 Å². The Hall–Kier alpha value is -2.05. The van der Waals surface area contributed by atoms with Gasteiger partial charge in [0.1, 0.15) is 7.05 Å². The van der Waals surface area contributed by atoms with E-state index in [1.165, 1.54) is 15.7 Å². The van der Waals surface area contributed by atoms with E-state index >= 15 is 0 Å². The van der Waals surface area contributed by atoms with Crippen LogP contribution in [0.1, 0.15) is 44.0 Å². The molecule has 2 aromatic rings. The van der Waals surface area contributed by atoms with Crippen molar-refractivity contribution >= 4 is 11.2 Å². The Balaban J connectivity index is 2.28. The number of fused-ring (bicyclic) bond motifs is 1. The van der Waals surface area contributed by atoms with Crippen molar-refractivity contribution in [2.75, 3.05) is 0 Å². The smallest absolute Gasteiger partial charge is 0.266 e. The number of aryl methyl sites for hydroxylation is 2. The van der Waals surface area contributed by atoms with E-state index in [2.05, 4.69) is 15.1 Å². The van der Waals surface area contributed by atoms with Crippen LogP contribution in [0.25, 0.3) is 11.2 Å². The fraction of sp³-hybridized carbons (Fsp3) is 0.615. The molecule has 0 atom stereocenters. The van der Waals surface area contributed by atoms with Crippen molar-refractivity contribution < 1.29 is 4.68 Å². The molecule has 0 bridgehead atoms. The van der Waals surface area contributed by atoms with Gasteiger partial charge in [-0.1, -0.05) is 24.4 Å². The maximum Gasteiger partial charge on any atom is 0.416 e. The number of nitrogens with zero attached hydrogens (tertiary/aromatic N) is 4. The van der Waals surface area contributed by atoms with Crippen LogP contribution in [-0.4, -0.2) is 19.6 Å². The second-order valence-corrected chi connectivity index (χ2v) is 5.38. The van der Waals surface area contributed by atoms with Crippen LogP contribution in [0.3, 0.4) is 0 Å². The van der Waals surface area contributed by atoms with Gasteiger partial charge >= 0.3 is 11.3 Å². The summed E-state index contributed by atoms with van der Waals surface area (Å²) in [6.45, 7) is 1.73. The van der Waals surface area contributed by atoms with E-state index in [-0.39, 0.29) is 22.8 Å². The zero-order valence-corrected chi connectivity index (χ0v) is 11.7. The summed E-state index contributed by atoms with van der Waals surface area (Å²) in [4.78, 5) is 31.8. The minimum Gasteiger partial charge on any atom is -0.266 e. The molecular formula is C13H18N5O2+. The summed E-state index contributed by atoms with van der Waals surface area (Å²) in [5, 5.41) is 4.11. The fourth-order valence-corrected chi connectivity index (χ4v) is 2.99. The molecule has 20 heavy (non-hydrogen) atoms. The molecule has 1 saturated carbocycles. The number of hydrogen-bond donors (Lipinski definition) is 1. The maximum atomic E-state index is 12.6. The van der Waals surface area contributed by atoms with Gasteiger partial charge in [-0.25, -0.2) is 14.3 Å². The van der Waals surface area contributed by atoms with E-state index in [0.29, 0.717) is 11.5 Å². The van der Waals surface area contributed by atoms with Gasteiger partial charge in [-0.05, 0) is 19.8 Å². The van der Waals surface area contributed by atoms with E-state index in [1.807, 2.05) is 0 Å². The molecule has 1 aliphatic carbocycles. The molecule has 0 aliphatic heterocycles. The van der Waals surface area contributed by atoms with Crippen molar-refractivity contribution in [2.24, 2.45) is 7.05 Å². The highest BCUT2D eigenvalue weighted by Crippen LogP contribution is 2.25. The van der Waals surface area contributed by atoms with Crippen LogP contribution in [0.5, 0.6) is 0 Å². The quantitative estimate of drug-likeness (QED) is 0.750. The molecule has 0 radical (unpaired) electrons. The SMILES string of the molecule is Cc1nc2c(=O)n(C3CCCCC3)c(=O)[nH]c2[n+](C)n1. The average Bonchev–Trinajstić information content (AvgIpc) is 2.42. The van der Waals surface area contributed by atoms with Gasteiger partial charge in [0.05, 0.1) is 0 Å². The molecule has 3 rings (SSSR count). The van der Waals surface area contributed by atoms with Gasteiger partial charge in [0, 0.05) is 6.04 Å². The zero-order valence-electron chi connectivity index (χ0n) is 11.7. The Kier molecular flexibility index (Phi) is 3.11. The fourth-order valence-electron chi connectivity index (χ4n) is 2.99. The first-order chi connectivity index (χ1) is 9.58. The first-order valence-electron chi connectivity index (χ1n) is 6.97. The van der Waals surface area contributed by atoms with Crippen molar-refractivity contribution in [1.29, 1.82) is 0 Å². The van der Waals surface area contributed by atoms with Gasteiger partial charge in [-0.15, -0.1) is 4.68 Å². The second kappa shape index (κ2) is 4.81. The maximum absolute atomic E-state index is 12.6. The van der Waals surface area contributed by atoms with Crippen LogP contribution in [0.2, 0.25) is 0 Å². The largest absolute Gasteiger partial charge is 0.416 e. The molecule has 7 heteroatoms. The van der Waals surface area contributed by atoms with Crippen LogP contribution in [0.15, 0.2) is 9.59 Å². The summed E-state index contributed by atoms with van der Waals surface area (Å²) in [6, 6.07) is -0.00928. The summed E-state index contributed by atoms with van der Waals surface area (Å²) in [6.07, 6.45) is 5.05. The van der Waals surface area contributed by atoms with E-state index in [0.717, 1.165) is 25.7 Å². The molecule has 1 fully saturated rings. The van der Waals surface area contributed by atoms with Crippen molar-refractivity contribution in [3.63, 3.8) is 0 Å². The van der Waals surface area contributed by atoms with E-state index < -0.39 is 0 Å². The molecule has 2 heterocycles. The number of aromatic nitrogens is 5. The molecule has 2 aromatic heterocycles. The number of hydrogen-bond acceptors (Lipinski definition) is 4. The summed E-state index contributed by atoms with van der Waals surface area (Å²) in [7, 11) is 1.69. The van der Waals surface area contributed by atoms with Crippen molar-refractivity contribution in [2.45, 2.75) is 45.1 Å². The van der Waals surface area contributed by atoms with Crippen LogP contribution < -0.4 is 15.9 Å². The Morgan fingerprint density at radius 1 is 1.25 bits per heavy atom. The molecule has 1 aliphatic rings. The molecule has 0 spiro atoms. The minimum absolute atomic E-state index is 0.00928. The Morgan fingerprint density at radius 3 is 2.65 bits per heavy atom. The number of aromatic amines is 1. The van der Waals surface area contributed by atoms with Gasteiger partial charge in [-0.2, -0.15) is 4.98 Å². The summed E-state index contributed by atoms with van der Waals surface area (Å²) >= 11 is 0. The van der Waals surface area contributed by atoms with Gasteiger partial charge in [0.15, 0.2) is 5.82 Å². The third kappa shape index (κ3) is 2.03. The highest BCUT2D eigenvalue weighted by atomic mass is 16.2. The Bertz CT molecular complexity index is 771. The monoisotopic (exact) mass is 276 g/mol. The number of nitrogens with one attached hydrogen (secondary N) is 1. The lowest BCUT2D eigenvalue weighted by Gasteiger charge is -2.21. The third-order valence-electron chi connectivity index (χ3n) is 3.92. The highest BCUT2D eigenvalue weighted by Gasteiger charge is 2.24. The van der Waals surface area contributed by atoms with Crippen molar-refractivity contribution in [1.82, 2.24) is 19.6 Å². The predicted molar refractivity (Wildman–Crippen MR) is 72.5 cm³/mol. The lowest BCUT2D eigenvalue weighted by atomic mass is 9.95. The first-order valence-corrected chi connectivity index (χ1v) is 6.97. The first kappa shape index (κ1) is 13.0. The lowest BCUT2D eigenvalue weighted by Crippen LogP contribution is -2.45. The Labute approximate surface area is 115 Å². The highest BCUT2D eigenvalue weighted by molar-refractivity contribution is 5.63. The van der Waals surface area contributed by atoms with Crippen LogP contribution >= 0.6 is 0 Å². The minimum atomic E-state index is -0.363. The average molecular weight is 276 g/mol. The molecule has 0 saturated heterocycles. The van der Waals surface area contributed by atoms with E-state index in [9.17, 15) is 9.59 Å². The van der Waals surface area contributed by atoms with E-state index in [4.69, 9.17) is 0 Å². The summed E-state index contributed by atoms with van der Waals surface area (Å²) in [5.41, 5.74) is -0.0166. The summed E-state index contributed by atoms with van der Waals surface area (Å²) in [5.74, 6) is 0.513. The standard InChI is InChI=1S/C13H17N5O2/c1-8-14-10-11(17(2)16-8)15-13(20)18(12(10)19)9-6-4-3-5-7-9/h9H,3-7H2,1-2H3/p+1. The van der Waals surface area contributed by atoms with Crippen molar-refractivity contribution in [3.05, 3.63) is 26.7 Å². The van der Waals surface area contributed by atoms with Gasteiger partial charge < -0.3 is 0 Å². The lowest BCUT2D eigenvalue weighted by molar-refractivity contribution is -0.708. The van der Waals surface area contributed by atoms with Crippen LogP contribution in [-0.2, 0) is 7.05 Å². The third-order valence-corrected chi connectivity index (χ3v) is 3.92. The van der Waals surface area contributed by atoms with Gasteiger partial charge in [0.25, 0.3) is 5.56 Å². The van der Waals surface area contributed by atoms with Gasteiger partial charge in [0.2, 0.25) is 5.52 Å². The number of H-pyrrole nitrogens is 1. The normalized spacial score (nSPS) is 16.7.